The Morgan fingerprint density at radius 3 is 2.36 bits per heavy atom. The summed E-state index contributed by atoms with van der Waals surface area (Å²) in [5.41, 5.74) is 5.64. The number of unbranched alkanes of at least 4 members (excludes halogenated alkanes) is 12. The highest BCUT2D eigenvalue weighted by molar-refractivity contribution is 5.70. The van der Waals surface area contributed by atoms with Crippen LogP contribution in [0.2, 0.25) is 0 Å². The van der Waals surface area contributed by atoms with Crippen LogP contribution in [0.3, 0.4) is 0 Å². The Labute approximate surface area is 213 Å². The van der Waals surface area contributed by atoms with Crippen LogP contribution in [-0.4, -0.2) is 49.4 Å². The highest BCUT2D eigenvalue weighted by atomic mass is 16.6. The van der Waals surface area contributed by atoms with Crippen molar-refractivity contribution in [2.75, 3.05) is 12.3 Å². The Kier molecular flexibility index (Phi) is 11.7. The molecule has 36 heavy (non-hydrogen) atoms. The van der Waals surface area contributed by atoms with Crippen LogP contribution in [0.5, 0.6) is 0 Å². The minimum atomic E-state index is -0.809. The van der Waals surface area contributed by atoms with Gasteiger partial charge in [-0.15, -0.1) is 0 Å². The fourth-order valence-corrected chi connectivity index (χ4v) is 4.72. The first kappa shape index (κ1) is 28.1. The van der Waals surface area contributed by atoms with Crippen molar-refractivity contribution in [3.63, 3.8) is 0 Å². The van der Waals surface area contributed by atoms with Gasteiger partial charge in [-0.05, 0) is 6.42 Å². The summed E-state index contributed by atoms with van der Waals surface area (Å²) >= 11 is 0. The first-order valence-electron chi connectivity index (χ1n) is 13.7. The lowest BCUT2D eigenvalue weighted by molar-refractivity contribution is -0.150. The van der Waals surface area contributed by atoms with E-state index >= 15 is 0 Å². The third-order valence-electron chi connectivity index (χ3n) is 6.86. The molecule has 0 spiro atoms. The molecule has 10 heteroatoms. The molecule has 2 aromatic rings. The van der Waals surface area contributed by atoms with Gasteiger partial charge in [-0.2, -0.15) is 4.98 Å². The SMILES string of the molecule is CCCCCCCCCCCCCCCC(=O)OC[C@H]1O[C@@H](n2cnc3c(=O)[nH]c(N)nc32)CC1O. The van der Waals surface area contributed by atoms with Crippen molar-refractivity contribution in [3.8, 4) is 0 Å². The highest BCUT2D eigenvalue weighted by Crippen LogP contribution is 2.30. The van der Waals surface area contributed by atoms with Crippen molar-refractivity contribution in [2.24, 2.45) is 0 Å². The van der Waals surface area contributed by atoms with Crippen LogP contribution < -0.4 is 11.3 Å². The number of fused-ring (bicyclic) bond motifs is 1. The summed E-state index contributed by atoms with van der Waals surface area (Å²) in [6.45, 7) is 2.24. The number of esters is 1. The minimum absolute atomic E-state index is 0.0161. The topological polar surface area (TPSA) is 145 Å². The van der Waals surface area contributed by atoms with Gasteiger partial charge in [0.15, 0.2) is 11.2 Å². The summed E-state index contributed by atoms with van der Waals surface area (Å²) in [7, 11) is 0. The lowest BCUT2D eigenvalue weighted by Gasteiger charge is -2.16. The molecule has 1 aliphatic rings. The number of imidazole rings is 1. The van der Waals surface area contributed by atoms with E-state index in [4.69, 9.17) is 15.2 Å². The molecule has 10 nitrogen and oxygen atoms in total. The van der Waals surface area contributed by atoms with Gasteiger partial charge in [0.2, 0.25) is 5.95 Å². The lowest BCUT2D eigenvalue weighted by atomic mass is 10.0. The standard InChI is InChI=1S/C26H43N5O5/c1-2-3-4-5-6-7-8-9-10-11-12-13-14-15-22(33)35-17-20-19(32)16-21(36-20)31-18-28-23-24(31)29-26(27)30-25(23)34/h18-21,32H,2-17H2,1H3,(H3,27,29,30,34)/t19?,20-,21-/m1/s1. The summed E-state index contributed by atoms with van der Waals surface area (Å²) in [5.74, 6) is -0.294. The van der Waals surface area contributed by atoms with Crippen LogP contribution in [-0.2, 0) is 14.3 Å². The number of hydrogen-bond donors (Lipinski definition) is 3. The molecule has 0 radical (unpaired) electrons. The molecule has 1 saturated heterocycles. The molecule has 2 aromatic heterocycles. The van der Waals surface area contributed by atoms with Crippen molar-refractivity contribution in [2.45, 2.75) is 122 Å². The maximum atomic E-state index is 12.1. The number of aromatic nitrogens is 4. The summed E-state index contributed by atoms with van der Waals surface area (Å²) in [6, 6.07) is 0. The number of carbonyl (C=O) groups excluding carboxylic acids is 1. The van der Waals surface area contributed by atoms with Gasteiger partial charge in [-0.25, -0.2) is 4.98 Å². The third kappa shape index (κ3) is 8.58. The Hall–Kier alpha value is -2.46. The molecule has 0 saturated carbocycles. The minimum Gasteiger partial charge on any atom is -0.463 e. The van der Waals surface area contributed by atoms with E-state index in [1.54, 1.807) is 4.57 Å². The van der Waals surface area contributed by atoms with Gasteiger partial charge >= 0.3 is 5.97 Å². The molecule has 1 fully saturated rings. The van der Waals surface area contributed by atoms with Gasteiger partial charge in [-0.3, -0.25) is 19.1 Å². The molecule has 0 amide bonds. The number of rotatable bonds is 17. The average molecular weight is 506 g/mol. The second kappa shape index (κ2) is 14.9. The van der Waals surface area contributed by atoms with Crippen LogP contribution in [0.1, 0.15) is 109 Å². The van der Waals surface area contributed by atoms with Crippen LogP contribution >= 0.6 is 0 Å². The molecule has 3 heterocycles. The molecular weight excluding hydrogens is 462 g/mol. The van der Waals surface area contributed by atoms with E-state index in [1.165, 1.54) is 70.5 Å². The number of carbonyl (C=O) groups is 1. The zero-order chi connectivity index (χ0) is 25.8. The number of nitrogens with zero attached hydrogens (tertiary/aromatic N) is 3. The van der Waals surface area contributed by atoms with E-state index in [0.29, 0.717) is 6.42 Å². The molecule has 4 N–H and O–H groups in total. The predicted octanol–water partition coefficient (Wildman–Crippen LogP) is 4.37. The molecule has 0 aromatic carbocycles. The van der Waals surface area contributed by atoms with Crippen molar-refractivity contribution in [1.29, 1.82) is 0 Å². The summed E-state index contributed by atoms with van der Waals surface area (Å²) in [4.78, 5) is 34.7. The first-order chi connectivity index (χ1) is 17.5. The summed E-state index contributed by atoms with van der Waals surface area (Å²) < 4.78 is 12.8. The highest BCUT2D eigenvalue weighted by Gasteiger charge is 2.36. The molecular formula is C26H43N5O5. The number of ether oxygens (including phenoxy) is 2. The lowest BCUT2D eigenvalue weighted by Crippen LogP contribution is -2.28. The van der Waals surface area contributed by atoms with Crippen molar-refractivity contribution < 1.29 is 19.4 Å². The van der Waals surface area contributed by atoms with Gasteiger partial charge in [0.1, 0.15) is 18.9 Å². The van der Waals surface area contributed by atoms with Crippen molar-refractivity contribution in [1.82, 2.24) is 19.5 Å². The quantitative estimate of drug-likeness (QED) is 0.212. The predicted molar refractivity (Wildman–Crippen MR) is 138 cm³/mol. The first-order valence-corrected chi connectivity index (χ1v) is 13.7. The Balaban J connectivity index is 1.25. The van der Waals surface area contributed by atoms with E-state index < -0.39 is 24.0 Å². The van der Waals surface area contributed by atoms with Crippen molar-refractivity contribution >= 4 is 23.1 Å². The van der Waals surface area contributed by atoms with Crippen LogP contribution in [0, 0.1) is 0 Å². The Morgan fingerprint density at radius 2 is 1.72 bits per heavy atom. The van der Waals surface area contributed by atoms with E-state index in [2.05, 4.69) is 21.9 Å². The third-order valence-corrected chi connectivity index (χ3v) is 6.86. The van der Waals surface area contributed by atoms with Crippen LogP contribution in [0.4, 0.5) is 5.95 Å². The second-order valence-electron chi connectivity index (χ2n) is 9.88. The van der Waals surface area contributed by atoms with Crippen LogP contribution in [0.15, 0.2) is 11.1 Å². The van der Waals surface area contributed by atoms with Gasteiger partial charge in [0, 0.05) is 12.8 Å². The van der Waals surface area contributed by atoms with E-state index in [0.717, 1.165) is 19.3 Å². The Morgan fingerprint density at radius 1 is 1.11 bits per heavy atom. The molecule has 0 aliphatic carbocycles. The van der Waals surface area contributed by atoms with E-state index in [1.807, 2.05) is 0 Å². The van der Waals surface area contributed by atoms with Crippen molar-refractivity contribution in [3.05, 3.63) is 16.7 Å². The number of H-pyrrole nitrogens is 1. The molecule has 1 unspecified atom stereocenters. The normalized spacial score (nSPS) is 19.8. The molecule has 1 aliphatic heterocycles. The number of anilines is 1. The van der Waals surface area contributed by atoms with Gasteiger partial charge in [0.25, 0.3) is 5.56 Å². The number of nitrogens with two attached hydrogens (primary N) is 1. The van der Waals surface area contributed by atoms with E-state index in [9.17, 15) is 14.7 Å². The number of aliphatic hydroxyl groups is 1. The molecule has 0 bridgehead atoms. The van der Waals surface area contributed by atoms with Crippen LogP contribution in [0.25, 0.3) is 11.2 Å². The Bertz CT molecular complexity index is 991. The smallest absolute Gasteiger partial charge is 0.305 e. The van der Waals surface area contributed by atoms with Gasteiger partial charge < -0.3 is 20.3 Å². The molecule has 3 atom stereocenters. The van der Waals surface area contributed by atoms with E-state index in [-0.39, 0.29) is 36.1 Å². The number of hydrogen-bond acceptors (Lipinski definition) is 8. The average Bonchev–Trinajstić information content (AvgIpc) is 3.44. The van der Waals surface area contributed by atoms with Gasteiger partial charge in [-0.1, -0.05) is 84.0 Å². The second-order valence-corrected chi connectivity index (χ2v) is 9.88. The molecule has 3 rings (SSSR count). The monoisotopic (exact) mass is 505 g/mol. The fourth-order valence-electron chi connectivity index (χ4n) is 4.72. The maximum Gasteiger partial charge on any atom is 0.305 e. The maximum absolute atomic E-state index is 12.1. The summed E-state index contributed by atoms with van der Waals surface area (Å²) in [5, 5.41) is 10.4. The number of nitrogen functional groups attached to an aromatic ring is 1. The number of aromatic amines is 1. The van der Waals surface area contributed by atoms with Gasteiger partial charge in [0.05, 0.1) is 12.4 Å². The zero-order valence-corrected chi connectivity index (χ0v) is 21.6. The fraction of sp³-hybridized carbons (Fsp3) is 0.769. The molecule has 202 valence electrons. The number of nitrogens with one attached hydrogen (secondary N) is 1. The summed E-state index contributed by atoms with van der Waals surface area (Å²) in [6.07, 6.45) is 16.4. The number of aliphatic hydroxyl groups excluding tert-OH is 1. The largest absolute Gasteiger partial charge is 0.463 e. The zero-order valence-electron chi connectivity index (χ0n) is 21.6.